The molecule has 4 N–H and O–H groups in total. The van der Waals surface area contributed by atoms with E-state index in [9.17, 15) is 19.1 Å². The zero-order valence-corrected chi connectivity index (χ0v) is 23.1. The topological polar surface area (TPSA) is 105 Å². The lowest BCUT2D eigenvalue weighted by atomic mass is 9.92. The summed E-state index contributed by atoms with van der Waals surface area (Å²) in [6.45, 7) is 1.06. The van der Waals surface area contributed by atoms with Crippen LogP contribution < -0.4 is 15.8 Å². The Kier molecular flexibility index (Phi) is 9.26. The van der Waals surface area contributed by atoms with Crippen LogP contribution >= 0.6 is 0 Å². The fourth-order valence-corrected chi connectivity index (χ4v) is 5.37. The smallest absolute Gasteiger partial charge is 0.254 e. The Bertz CT molecular complexity index is 1430. The van der Waals surface area contributed by atoms with Gasteiger partial charge in [-0.05, 0) is 66.1 Å². The molecule has 0 unspecified atom stereocenters. The Hall–Kier alpha value is -4.53. The summed E-state index contributed by atoms with van der Waals surface area (Å²) in [4.78, 5) is 29.3. The molecule has 4 aromatic rings. The molecule has 7 nitrogen and oxygen atoms in total. The van der Waals surface area contributed by atoms with Gasteiger partial charge in [0.25, 0.3) is 5.91 Å². The van der Waals surface area contributed by atoms with Crippen molar-refractivity contribution < 1.29 is 23.8 Å². The first-order valence-electron chi connectivity index (χ1n) is 14.0. The molecule has 1 saturated heterocycles. The van der Waals surface area contributed by atoms with E-state index in [-0.39, 0.29) is 6.54 Å². The summed E-state index contributed by atoms with van der Waals surface area (Å²) in [5.74, 6) is -1.27. The third-order valence-corrected chi connectivity index (χ3v) is 7.56. The van der Waals surface area contributed by atoms with Gasteiger partial charge < -0.3 is 25.8 Å². The number of carbonyl (C=O) groups is 2. The average molecular weight is 568 g/mol. The van der Waals surface area contributed by atoms with E-state index in [4.69, 9.17) is 10.5 Å². The molecule has 1 aliphatic rings. The van der Waals surface area contributed by atoms with Crippen molar-refractivity contribution in [1.29, 1.82) is 0 Å². The number of carbonyl (C=O) groups excluding carboxylic acids is 2. The Morgan fingerprint density at radius 2 is 1.50 bits per heavy atom. The monoisotopic (exact) mass is 567 g/mol. The molecule has 8 heteroatoms. The Labute approximate surface area is 244 Å². The predicted molar refractivity (Wildman–Crippen MR) is 158 cm³/mol. The van der Waals surface area contributed by atoms with E-state index in [0.29, 0.717) is 36.4 Å². The largest absolute Gasteiger partial charge is 0.494 e. The highest BCUT2D eigenvalue weighted by Gasteiger charge is 2.48. The SMILES string of the molecule is NCCCOc1ccc(C(=O)N2C[C@H](c3ccc(F)cc3)[C@@H](O)[C@H]2C(=O)NC(c2ccccc2)c2ccccc2)cc1. The number of rotatable bonds is 10. The number of hydrogen-bond donors (Lipinski definition) is 3. The molecular formula is C34H34FN3O4. The standard InChI is InChI=1S/C34H34FN3O4/c35-27-16-12-23(13-17-27)29-22-38(34(41)26-14-18-28(19-15-26)42-21-7-20-36)31(32(29)39)33(40)37-30(24-8-3-1-4-9-24)25-10-5-2-6-11-25/h1-6,8-19,29-32,39H,7,20-22,36H2,(H,37,40)/t29-,31+,32-/m1/s1. The molecule has 0 aliphatic carbocycles. The number of hydrogen-bond acceptors (Lipinski definition) is 5. The molecule has 0 aromatic heterocycles. The summed E-state index contributed by atoms with van der Waals surface area (Å²) in [5, 5.41) is 14.6. The van der Waals surface area contributed by atoms with Gasteiger partial charge in [0.15, 0.2) is 0 Å². The van der Waals surface area contributed by atoms with Crippen LogP contribution in [0.5, 0.6) is 5.75 Å². The lowest BCUT2D eigenvalue weighted by Crippen LogP contribution is -2.51. The number of amides is 2. The van der Waals surface area contributed by atoms with Crippen LogP contribution in [0.2, 0.25) is 0 Å². The van der Waals surface area contributed by atoms with Crippen molar-refractivity contribution in [2.45, 2.75) is 30.5 Å². The van der Waals surface area contributed by atoms with Gasteiger partial charge in [-0.15, -0.1) is 0 Å². The molecule has 3 atom stereocenters. The van der Waals surface area contributed by atoms with Crippen molar-refractivity contribution in [3.8, 4) is 5.75 Å². The Morgan fingerprint density at radius 3 is 2.07 bits per heavy atom. The van der Waals surface area contributed by atoms with Gasteiger partial charge in [-0.2, -0.15) is 0 Å². The maximum Gasteiger partial charge on any atom is 0.254 e. The number of aliphatic hydroxyl groups excluding tert-OH is 1. The highest BCUT2D eigenvalue weighted by Crippen LogP contribution is 2.35. The maximum absolute atomic E-state index is 14.0. The van der Waals surface area contributed by atoms with Crippen LogP contribution in [-0.2, 0) is 4.79 Å². The van der Waals surface area contributed by atoms with Gasteiger partial charge in [0, 0.05) is 18.0 Å². The summed E-state index contributed by atoms with van der Waals surface area (Å²) >= 11 is 0. The number of likely N-dealkylation sites (tertiary alicyclic amines) is 1. The summed E-state index contributed by atoms with van der Waals surface area (Å²) in [5.41, 5.74) is 8.25. The molecule has 5 rings (SSSR count). The van der Waals surface area contributed by atoms with E-state index < -0.39 is 41.7 Å². The highest BCUT2D eigenvalue weighted by atomic mass is 19.1. The number of benzene rings is 4. The first-order valence-corrected chi connectivity index (χ1v) is 14.0. The van der Waals surface area contributed by atoms with Crippen LogP contribution in [0.3, 0.4) is 0 Å². The van der Waals surface area contributed by atoms with Crippen molar-refractivity contribution in [2.75, 3.05) is 19.7 Å². The summed E-state index contributed by atoms with van der Waals surface area (Å²) < 4.78 is 19.3. The number of ether oxygens (including phenoxy) is 1. The summed E-state index contributed by atoms with van der Waals surface area (Å²) in [6.07, 6.45) is -0.508. The summed E-state index contributed by atoms with van der Waals surface area (Å²) in [7, 11) is 0. The van der Waals surface area contributed by atoms with Crippen LogP contribution in [0.15, 0.2) is 109 Å². The molecule has 0 bridgehead atoms. The van der Waals surface area contributed by atoms with Crippen molar-refractivity contribution in [1.82, 2.24) is 10.2 Å². The van der Waals surface area contributed by atoms with E-state index in [1.165, 1.54) is 17.0 Å². The van der Waals surface area contributed by atoms with Crippen LogP contribution in [0.25, 0.3) is 0 Å². The van der Waals surface area contributed by atoms with Crippen molar-refractivity contribution in [3.05, 3.63) is 137 Å². The van der Waals surface area contributed by atoms with Gasteiger partial charge in [0.05, 0.1) is 18.8 Å². The van der Waals surface area contributed by atoms with Gasteiger partial charge in [0.1, 0.15) is 17.6 Å². The molecule has 216 valence electrons. The first kappa shape index (κ1) is 29.0. The average Bonchev–Trinajstić information content (AvgIpc) is 3.38. The molecule has 4 aromatic carbocycles. The third kappa shape index (κ3) is 6.51. The number of halogens is 1. The minimum Gasteiger partial charge on any atom is -0.494 e. The molecule has 0 saturated carbocycles. The van der Waals surface area contributed by atoms with Gasteiger partial charge in [-0.3, -0.25) is 9.59 Å². The molecule has 0 spiro atoms. The summed E-state index contributed by atoms with van der Waals surface area (Å²) in [6, 6.07) is 29.8. The van der Waals surface area contributed by atoms with E-state index in [1.54, 1.807) is 36.4 Å². The van der Waals surface area contributed by atoms with E-state index in [0.717, 1.165) is 11.1 Å². The number of nitrogens with one attached hydrogen (secondary N) is 1. The fraction of sp³-hybridized carbons (Fsp3) is 0.235. The molecule has 1 heterocycles. The maximum atomic E-state index is 14.0. The van der Waals surface area contributed by atoms with E-state index in [2.05, 4.69) is 5.32 Å². The molecule has 1 fully saturated rings. The highest BCUT2D eigenvalue weighted by molar-refractivity contribution is 5.98. The Balaban J connectivity index is 1.45. The van der Waals surface area contributed by atoms with Crippen LogP contribution in [-0.4, -0.2) is 53.7 Å². The molecule has 0 radical (unpaired) electrons. The lowest BCUT2D eigenvalue weighted by Gasteiger charge is -2.28. The number of aliphatic hydroxyl groups is 1. The fourth-order valence-electron chi connectivity index (χ4n) is 5.37. The zero-order valence-electron chi connectivity index (χ0n) is 23.1. The first-order chi connectivity index (χ1) is 20.5. The van der Waals surface area contributed by atoms with E-state index >= 15 is 0 Å². The van der Waals surface area contributed by atoms with Gasteiger partial charge in [0.2, 0.25) is 5.91 Å². The second-order valence-electron chi connectivity index (χ2n) is 10.3. The second-order valence-corrected chi connectivity index (χ2v) is 10.3. The Morgan fingerprint density at radius 1 is 0.905 bits per heavy atom. The van der Waals surface area contributed by atoms with Crippen LogP contribution in [0.4, 0.5) is 4.39 Å². The van der Waals surface area contributed by atoms with Gasteiger partial charge >= 0.3 is 0 Å². The quantitative estimate of drug-likeness (QED) is 0.246. The lowest BCUT2D eigenvalue weighted by molar-refractivity contribution is -0.127. The van der Waals surface area contributed by atoms with Crippen molar-refractivity contribution >= 4 is 11.8 Å². The normalized spacial score (nSPS) is 18.2. The van der Waals surface area contributed by atoms with Gasteiger partial charge in [-0.1, -0.05) is 72.8 Å². The van der Waals surface area contributed by atoms with Crippen molar-refractivity contribution in [2.24, 2.45) is 5.73 Å². The zero-order chi connectivity index (χ0) is 29.5. The molecule has 1 aliphatic heterocycles. The predicted octanol–water partition coefficient (Wildman–Crippen LogP) is 4.43. The number of nitrogens with zero attached hydrogens (tertiary/aromatic N) is 1. The minimum absolute atomic E-state index is 0.0831. The van der Waals surface area contributed by atoms with Gasteiger partial charge in [-0.25, -0.2) is 4.39 Å². The third-order valence-electron chi connectivity index (χ3n) is 7.56. The molecule has 2 amide bonds. The van der Waals surface area contributed by atoms with Crippen LogP contribution in [0, 0.1) is 5.82 Å². The molecular weight excluding hydrogens is 533 g/mol. The van der Waals surface area contributed by atoms with Crippen molar-refractivity contribution in [3.63, 3.8) is 0 Å². The molecule has 42 heavy (non-hydrogen) atoms. The second kappa shape index (κ2) is 13.4. The van der Waals surface area contributed by atoms with E-state index in [1.807, 2.05) is 60.7 Å². The minimum atomic E-state index is -1.22. The number of nitrogens with two attached hydrogens (primary N) is 1. The van der Waals surface area contributed by atoms with Crippen LogP contribution in [0.1, 0.15) is 45.4 Å².